The first-order valence-electron chi connectivity index (χ1n) is 3.16. The molecule has 0 aromatic carbocycles. The van der Waals surface area contributed by atoms with Crippen molar-refractivity contribution in [3.63, 3.8) is 0 Å². The normalized spacial score (nSPS) is 12.2. The van der Waals surface area contributed by atoms with Crippen molar-refractivity contribution in [3.8, 4) is 0 Å². The van der Waals surface area contributed by atoms with Gasteiger partial charge in [0.1, 0.15) is 0 Å². The van der Waals surface area contributed by atoms with Gasteiger partial charge in [-0.2, -0.15) is 0 Å². The van der Waals surface area contributed by atoms with E-state index in [0.29, 0.717) is 6.42 Å². The van der Waals surface area contributed by atoms with Crippen LogP contribution in [0.15, 0.2) is 0 Å². The molecule has 1 atom stereocenters. The van der Waals surface area contributed by atoms with Gasteiger partial charge >= 0.3 is 6.03 Å². The third kappa shape index (κ3) is 3.06. The van der Waals surface area contributed by atoms with Gasteiger partial charge in [-0.3, -0.25) is 4.79 Å². The van der Waals surface area contributed by atoms with Gasteiger partial charge in [0.15, 0.2) is 5.78 Å². The highest BCUT2D eigenvalue weighted by molar-refractivity contribution is 5.87. The second-order valence-corrected chi connectivity index (χ2v) is 2.05. The Morgan fingerprint density at radius 1 is 1.60 bits per heavy atom. The summed E-state index contributed by atoms with van der Waals surface area (Å²) < 4.78 is 0. The van der Waals surface area contributed by atoms with Gasteiger partial charge in [0.05, 0.1) is 6.04 Å². The number of hydrogen-bond donors (Lipinski definition) is 2. The van der Waals surface area contributed by atoms with Crippen LogP contribution in [0.4, 0.5) is 4.79 Å². The van der Waals surface area contributed by atoms with Crippen LogP contribution in [0.5, 0.6) is 0 Å². The first-order valence-corrected chi connectivity index (χ1v) is 3.16. The van der Waals surface area contributed by atoms with Gasteiger partial charge in [-0.05, 0) is 6.92 Å². The summed E-state index contributed by atoms with van der Waals surface area (Å²) in [4.78, 5) is 21.0. The van der Waals surface area contributed by atoms with Crippen LogP contribution >= 0.6 is 0 Å². The van der Waals surface area contributed by atoms with Crippen LogP contribution in [0.25, 0.3) is 0 Å². The molecule has 0 saturated heterocycles. The molecule has 4 heteroatoms. The predicted molar refractivity (Wildman–Crippen MR) is 37.5 cm³/mol. The summed E-state index contributed by atoms with van der Waals surface area (Å²) in [6.07, 6.45) is 0.418. The Bertz CT molecular complexity index is 145. The number of hydrogen-bond acceptors (Lipinski definition) is 2. The molecule has 3 N–H and O–H groups in total. The summed E-state index contributed by atoms with van der Waals surface area (Å²) in [5.74, 6) is -0.0150. The number of Topliss-reactive ketones (excluding diaryl/α,β-unsaturated/α-hetero) is 1. The zero-order valence-electron chi connectivity index (χ0n) is 6.18. The summed E-state index contributed by atoms with van der Waals surface area (Å²) in [6, 6.07) is -1.11. The monoisotopic (exact) mass is 144 g/mol. The van der Waals surface area contributed by atoms with Crippen molar-refractivity contribution < 1.29 is 9.59 Å². The zero-order valence-corrected chi connectivity index (χ0v) is 6.18. The fourth-order valence-electron chi connectivity index (χ4n) is 0.600. The highest BCUT2D eigenvalue weighted by Gasteiger charge is 2.10. The number of urea groups is 1. The average molecular weight is 144 g/mol. The lowest BCUT2D eigenvalue weighted by Gasteiger charge is -2.07. The molecule has 0 aliphatic carbocycles. The molecule has 0 radical (unpaired) electrons. The Balaban J connectivity index is 3.72. The second-order valence-electron chi connectivity index (χ2n) is 2.05. The van der Waals surface area contributed by atoms with Gasteiger partial charge < -0.3 is 11.1 Å². The second kappa shape index (κ2) is 3.87. The van der Waals surface area contributed by atoms with Gasteiger partial charge in [0.25, 0.3) is 0 Å². The quantitative estimate of drug-likeness (QED) is 0.586. The molecule has 58 valence electrons. The summed E-state index contributed by atoms with van der Waals surface area (Å²) >= 11 is 0. The number of carbonyl (C=O) groups is 2. The van der Waals surface area contributed by atoms with Crippen LogP contribution in [0.3, 0.4) is 0 Å². The van der Waals surface area contributed by atoms with E-state index in [2.05, 4.69) is 5.32 Å². The number of nitrogens with two attached hydrogens (primary N) is 1. The van der Waals surface area contributed by atoms with Crippen LogP contribution in [0.2, 0.25) is 0 Å². The number of rotatable bonds is 3. The summed E-state index contributed by atoms with van der Waals surface area (Å²) in [5, 5.41) is 2.28. The molecule has 10 heavy (non-hydrogen) atoms. The van der Waals surface area contributed by atoms with Crippen LogP contribution in [-0.4, -0.2) is 17.9 Å². The van der Waals surface area contributed by atoms with Crippen molar-refractivity contribution in [2.75, 3.05) is 0 Å². The fraction of sp³-hybridized carbons (Fsp3) is 0.667. The van der Waals surface area contributed by atoms with Crippen molar-refractivity contribution in [2.45, 2.75) is 26.3 Å². The Morgan fingerprint density at radius 3 is 2.40 bits per heavy atom. The lowest BCUT2D eigenvalue weighted by molar-refractivity contribution is -0.120. The van der Waals surface area contributed by atoms with E-state index in [0.717, 1.165) is 0 Å². The van der Waals surface area contributed by atoms with Gasteiger partial charge in [0, 0.05) is 6.42 Å². The van der Waals surface area contributed by atoms with Gasteiger partial charge in [-0.1, -0.05) is 6.92 Å². The SMILES string of the molecule is CCC(=O)C(C)NC(N)=O. The lowest BCUT2D eigenvalue weighted by Crippen LogP contribution is -2.41. The van der Waals surface area contributed by atoms with E-state index in [1.54, 1.807) is 13.8 Å². The largest absolute Gasteiger partial charge is 0.352 e. The van der Waals surface area contributed by atoms with E-state index in [1.807, 2.05) is 0 Å². The molecular weight excluding hydrogens is 132 g/mol. The standard InChI is InChI=1S/C6H12N2O2/c1-3-5(9)4(2)8-6(7)10/h4H,3H2,1-2H3,(H3,7,8,10). The fourth-order valence-corrected chi connectivity index (χ4v) is 0.600. The molecule has 1 unspecified atom stereocenters. The molecule has 0 heterocycles. The summed E-state index contributed by atoms with van der Waals surface area (Å²) in [6.45, 7) is 3.35. The lowest BCUT2D eigenvalue weighted by atomic mass is 10.2. The smallest absolute Gasteiger partial charge is 0.312 e. The molecule has 0 spiro atoms. The van der Waals surface area contributed by atoms with E-state index in [9.17, 15) is 9.59 Å². The molecule has 0 aromatic rings. The Hall–Kier alpha value is -1.06. The van der Waals surface area contributed by atoms with E-state index in [-0.39, 0.29) is 5.78 Å². The first kappa shape index (κ1) is 8.94. The van der Waals surface area contributed by atoms with E-state index in [1.165, 1.54) is 0 Å². The molecule has 2 amide bonds. The Kier molecular flexibility index (Phi) is 3.46. The van der Waals surface area contributed by atoms with Gasteiger partial charge in [-0.15, -0.1) is 0 Å². The van der Waals surface area contributed by atoms with Crippen molar-refractivity contribution in [3.05, 3.63) is 0 Å². The number of ketones is 1. The minimum absolute atomic E-state index is 0.0150. The minimum atomic E-state index is -0.658. The van der Waals surface area contributed by atoms with Gasteiger partial charge in [-0.25, -0.2) is 4.79 Å². The predicted octanol–water partition coefficient (Wildman–Crippen LogP) is 0.0223. The third-order valence-corrected chi connectivity index (χ3v) is 1.19. The first-order chi connectivity index (χ1) is 4.57. The van der Waals surface area contributed by atoms with E-state index >= 15 is 0 Å². The van der Waals surface area contributed by atoms with E-state index < -0.39 is 12.1 Å². The molecule has 4 nitrogen and oxygen atoms in total. The van der Waals surface area contributed by atoms with Crippen molar-refractivity contribution in [1.82, 2.24) is 5.32 Å². The Labute approximate surface area is 59.8 Å². The molecule has 0 fully saturated rings. The van der Waals surface area contributed by atoms with Crippen LogP contribution in [0.1, 0.15) is 20.3 Å². The average Bonchev–Trinajstić information content (AvgIpc) is 1.85. The van der Waals surface area contributed by atoms with Crippen molar-refractivity contribution in [2.24, 2.45) is 5.73 Å². The maximum atomic E-state index is 10.8. The molecular formula is C6H12N2O2. The topological polar surface area (TPSA) is 72.2 Å². The minimum Gasteiger partial charge on any atom is -0.352 e. The zero-order chi connectivity index (χ0) is 8.15. The number of amides is 2. The van der Waals surface area contributed by atoms with Crippen molar-refractivity contribution >= 4 is 11.8 Å². The highest BCUT2D eigenvalue weighted by Crippen LogP contribution is 1.88. The molecule has 0 aliphatic heterocycles. The molecule has 0 rings (SSSR count). The van der Waals surface area contributed by atoms with Crippen LogP contribution in [-0.2, 0) is 4.79 Å². The summed E-state index contributed by atoms with van der Waals surface area (Å²) in [7, 11) is 0. The molecule has 0 bridgehead atoms. The molecule has 0 aromatic heterocycles. The highest BCUT2D eigenvalue weighted by atomic mass is 16.2. The van der Waals surface area contributed by atoms with E-state index in [4.69, 9.17) is 5.73 Å². The maximum absolute atomic E-state index is 10.8. The van der Waals surface area contributed by atoms with Gasteiger partial charge in [0.2, 0.25) is 0 Å². The molecule has 0 saturated carbocycles. The Morgan fingerprint density at radius 2 is 2.10 bits per heavy atom. The summed E-state index contributed by atoms with van der Waals surface area (Å²) in [5.41, 5.74) is 4.78. The molecule has 0 aliphatic rings. The number of nitrogens with one attached hydrogen (secondary N) is 1. The number of primary amides is 1. The van der Waals surface area contributed by atoms with Crippen LogP contribution < -0.4 is 11.1 Å². The third-order valence-electron chi connectivity index (χ3n) is 1.19. The maximum Gasteiger partial charge on any atom is 0.312 e. The van der Waals surface area contributed by atoms with Crippen molar-refractivity contribution in [1.29, 1.82) is 0 Å². The van der Waals surface area contributed by atoms with Crippen LogP contribution in [0, 0.1) is 0 Å². The number of carbonyl (C=O) groups excluding carboxylic acids is 2.